The minimum Gasteiger partial charge on any atom is -0.308 e. The van der Waals surface area contributed by atoms with Gasteiger partial charge in [0.05, 0.1) is 5.75 Å². The van der Waals surface area contributed by atoms with Crippen LogP contribution in [0.1, 0.15) is 0 Å². The monoisotopic (exact) mass is 283 g/mol. The predicted octanol–water partition coefficient (Wildman–Crippen LogP) is 0.605. The molecule has 0 aliphatic carbocycles. The lowest BCUT2D eigenvalue weighted by Gasteiger charge is -2.01. The molecule has 0 aromatic carbocycles. The first-order chi connectivity index (χ1) is 7.37. The van der Waals surface area contributed by atoms with Crippen molar-refractivity contribution in [3.05, 3.63) is 17.3 Å². The quantitative estimate of drug-likeness (QED) is 0.615. The number of aromatic nitrogens is 2. The van der Waals surface area contributed by atoms with E-state index >= 15 is 0 Å². The molecule has 0 radical (unpaired) electrons. The summed E-state index contributed by atoms with van der Waals surface area (Å²) in [6, 6.07) is 2.82. The van der Waals surface area contributed by atoms with Gasteiger partial charge in [-0.2, -0.15) is 8.42 Å². The van der Waals surface area contributed by atoms with Crippen LogP contribution in [0.2, 0.25) is 5.15 Å². The molecule has 1 aromatic heterocycles. The van der Waals surface area contributed by atoms with E-state index in [4.69, 9.17) is 16.2 Å². The maximum absolute atomic E-state index is 11.1. The first-order valence-corrected chi connectivity index (χ1v) is 7.10. The van der Waals surface area contributed by atoms with Crippen LogP contribution in [0.3, 0.4) is 0 Å². The van der Waals surface area contributed by atoms with Crippen LogP contribution in [-0.2, 0) is 13.9 Å². The zero-order valence-electron chi connectivity index (χ0n) is 7.62. The fourth-order valence-corrected chi connectivity index (χ4v) is 1.89. The van der Waals surface area contributed by atoms with Gasteiger partial charge in [-0.25, -0.2) is 0 Å². The smallest absolute Gasteiger partial charge is 0.308 e. The minimum atomic E-state index is -4.22. The minimum absolute atomic E-state index is 0.106. The molecule has 0 aliphatic heterocycles. The van der Waals surface area contributed by atoms with Gasteiger partial charge in [-0.05, 0) is 12.1 Å². The van der Waals surface area contributed by atoms with Gasteiger partial charge in [0.15, 0.2) is 11.0 Å². The number of nitrogens with zero attached hydrogens (tertiary/aromatic N) is 2. The second-order valence-corrected chi connectivity index (χ2v) is 6.22. The van der Waals surface area contributed by atoms with Gasteiger partial charge >= 0.3 is 9.15 Å². The van der Waals surface area contributed by atoms with Crippen LogP contribution in [0.4, 0.5) is 5.82 Å². The van der Waals surface area contributed by atoms with Gasteiger partial charge in [0.1, 0.15) is 0 Å². The van der Waals surface area contributed by atoms with Crippen LogP contribution in [0.25, 0.3) is 0 Å². The topological polar surface area (TPSA) is 109 Å². The van der Waals surface area contributed by atoms with Crippen LogP contribution in [-0.4, -0.2) is 34.8 Å². The van der Waals surface area contributed by atoms with E-state index in [0.717, 1.165) is 0 Å². The highest BCUT2D eigenvalue weighted by Crippen LogP contribution is 2.10. The molecule has 1 amide bonds. The molecule has 0 unspecified atom stereocenters. The number of anilines is 1. The van der Waals surface area contributed by atoms with Gasteiger partial charge in [0, 0.05) is 10.8 Å². The van der Waals surface area contributed by atoms with E-state index < -0.39 is 20.8 Å². The molecule has 7 nitrogen and oxygen atoms in total. The summed E-state index contributed by atoms with van der Waals surface area (Å²) in [7, 11) is -4.11. The Morgan fingerprint density at radius 2 is 2.19 bits per heavy atom. The van der Waals surface area contributed by atoms with Gasteiger partial charge in [-0.3, -0.25) is 9.35 Å². The molecule has 1 rings (SSSR count). The van der Waals surface area contributed by atoms with E-state index in [1.54, 1.807) is 0 Å². The molecular formula is C6H6ClN3O4S2. The highest BCUT2D eigenvalue weighted by molar-refractivity contribution is 8.70. The van der Waals surface area contributed by atoms with Crippen LogP contribution >= 0.6 is 22.4 Å². The highest BCUT2D eigenvalue weighted by atomic mass is 35.5. The molecule has 0 atom stereocenters. The second-order valence-electron chi connectivity index (χ2n) is 2.48. The van der Waals surface area contributed by atoms with Gasteiger partial charge in [-0.1, -0.05) is 11.6 Å². The zero-order valence-corrected chi connectivity index (χ0v) is 10.0. The van der Waals surface area contributed by atoms with Gasteiger partial charge in [-0.15, -0.1) is 10.2 Å². The van der Waals surface area contributed by atoms with Crippen molar-refractivity contribution in [2.45, 2.75) is 0 Å². The molecule has 0 aliphatic rings. The van der Waals surface area contributed by atoms with E-state index in [0.29, 0.717) is 0 Å². The fourth-order valence-electron chi connectivity index (χ4n) is 0.690. The Bertz CT molecular complexity index is 475. The van der Waals surface area contributed by atoms with Crippen molar-refractivity contribution >= 4 is 43.3 Å². The maximum Gasteiger partial charge on any atom is 0.320 e. The molecule has 2 N–H and O–H groups in total. The standard InChI is InChI=1S/C6H6ClN3O4S2/c7-4-1-2-5(10-9-4)8-6(11)3-15-16(12,13)14/h1-2H,3H2,(H,8,10,11)(H,12,13,14). The van der Waals surface area contributed by atoms with Gasteiger partial charge in [0.2, 0.25) is 5.91 Å². The number of halogens is 1. The van der Waals surface area contributed by atoms with Crippen molar-refractivity contribution in [1.82, 2.24) is 10.2 Å². The average molecular weight is 284 g/mol. The van der Waals surface area contributed by atoms with Crippen LogP contribution in [0, 0.1) is 0 Å². The van der Waals surface area contributed by atoms with E-state index in [9.17, 15) is 13.2 Å². The first kappa shape index (κ1) is 13.2. The van der Waals surface area contributed by atoms with Gasteiger partial charge < -0.3 is 5.32 Å². The highest BCUT2D eigenvalue weighted by Gasteiger charge is 2.10. The molecule has 0 saturated heterocycles. The number of carbonyl (C=O) groups is 1. The molecule has 1 aromatic rings. The molecule has 0 bridgehead atoms. The predicted molar refractivity (Wildman–Crippen MR) is 59.7 cm³/mol. The Morgan fingerprint density at radius 1 is 1.50 bits per heavy atom. The normalized spacial score (nSPS) is 11.1. The van der Waals surface area contributed by atoms with Crippen molar-refractivity contribution in [2.24, 2.45) is 0 Å². The van der Waals surface area contributed by atoms with E-state index in [-0.39, 0.29) is 21.8 Å². The van der Waals surface area contributed by atoms with Crippen LogP contribution < -0.4 is 5.32 Å². The lowest BCUT2D eigenvalue weighted by molar-refractivity contribution is -0.113. The second kappa shape index (κ2) is 5.43. The van der Waals surface area contributed by atoms with E-state index in [1.807, 2.05) is 0 Å². The molecule has 88 valence electrons. The van der Waals surface area contributed by atoms with E-state index in [2.05, 4.69) is 15.5 Å². The molecule has 0 spiro atoms. The summed E-state index contributed by atoms with van der Waals surface area (Å²) in [6.07, 6.45) is 0. The number of hydrogen-bond acceptors (Lipinski definition) is 6. The fraction of sp³-hybridized carbons (Fsp3) is 0.167. The van der Waals surface area contributed by atoms with Crippen LogP contribution in [0.15, 0.2) is 12.1 Å². The summed E-state index contributed by atoms with van der Waals surface area (Å²) < 4.78 is 29.0. The van der Waals surface area contributed by atoms with Crippen molar-refractivity contribution in [3.63, 3.8) is 0 Å². The van der Waals surface area contributed by atoms with Crippen molar-refractivity contribution in [3.8, 4) is 0 Å². The number of rotatable bonds is 4. The molecule has 0 saturated carbocycles. The lowest BCUT2D eigenvalue weighted by Crippen LogP contribution is -2.16. The zero-order chi connectivity index (χ0) is 12.2. The summed E-state index contributed by atoms with van der Waals surface area (Å²) in [5.41, 5.74) is 0. The third kappa shape index (κ3) is 5.26. The van der Waals surface area contributed by atoms with Crippen molar-refractivity contribution in [1.29, 1.82) is 0 Å². The Morgan fingerprint density at radius 3 is 2.69 bits per heavy atom. The molecule has 10 heteroatoms. The molecule has 1 heterocycles. The summed E-state index contributed by atoms with van der Waals surface area (Å²) in [5.74, 6) is -0.923. The first-order valence-electron chi connectivity index (χ1n) is 3.78. The third-order valence-electron chi connectivity index (χ3n) is 1.24. The average Bonchev–Trinajstić information content (AvgIpc) is 2.18. The van der Waals surface area contributed by atoms with Crippen LogP contribution in [0.5, 0.6) is 0 Å². The third-order valence-corrected chi connectivity index (χ3v) is 3.37. The SMILES string of the molecule is O=C(CSS(=O)(=O)O)Nc1ccc(Cl)nn1. The Kier molecular flexibility index (Phi) is 4.47. The number of nitrogens with one attached hydrogen (secondary N) is 1. The van der Waals surface area contributed by atoms with Gasteiger partial charge in [0.25, 0.3) is 0 Å². The lowest BCUT2D eigenvalue weighted by atomic mass is 10.5. The number of carbonyl (C=O) groups excluding carboxylic acids is 1. The van der Waals surface area contributed by atoms with E-state index in [1.165, 1.54) is 12.1 Å². The Hall–Kier alpha value is -0.900. The molecular weight excluding hydrogens is 278 g/mol. The molecule has 0 fully saturated rings. The Labute approximate surface area is 99.7 Å². The largest absolute Gasteiger partial charge is 0.320 e. The maximum atomic E-state index is 11.1. The number of hydrogen-bond donors (Lipinski definition) is 2. The molecule has 16 heavy (non-hydrogen) atoms. The summed E-state index contributed by atoms with van der Waals surface area (Å²) in [6.45, 7) is 0. The van der Waals surface area contributed by atoms with Crippen molar-refractivity contribution < 1.29 is 17.8 Å². The Balaban J connectivity index is 2.49. The summed E-state index contributed by atoms with van der Waals surface area (Å²) in [4.78, 5) is 11.1. The summed E-state index contributed by atoms with van der Waals surface area (Å²) >= 11 is 5.47. The summed E-state index contributed by atoms with van der Waals surface area (Å²) in [5, 5.41) is 9.44. The van der Waals surface area contributed by atoms with Crippen molar-refractivity contribution in [2.75, 3.05) is 11.1 Å². The number of amides is 1.